The van der Waals surface area contributed by atoms with E-state index >= 15 is 0 Å². The normalized spacial score (nSPS) is 19.1. The quantitative estimate of drug-likeness (QED) is 0.508. The van der Waals surface area contributed by atoms with Crippen molar-refractivity contribution in [3.05, 3.63) is 0 Å². The Labute approximate surface area is 110 Å². The van der Waals surface area contributed by atoms with Gasteiger partial charge in [-0.1, -0.05) is 19.3 Å². The molecule has 0 bridgehead atoms. The van der Waals surface area contributed by atoms with Crippen molar-refractivity contribution in [1.82, 2.24) is 5.32 Å². The van der Waals surface area contributed by atoms with E-state index in [1.54, 1.807) is 7.05 Å². The van der Waals surface area contributed by atoms with Crippen molar-refractivity contribution in [1.29, 1.82) is 0 Å². The molecule has 1 rings (SSSR count). The summed E-state index contributed by atoms with van der Waals surface area (Å²) in [4.78, 5) is 11.8. The highest BCUT2D eigenvalue weighted by Crippen LogP contribution is 2.29. The maximum absolute atomic E-state index is 11.8. The first-order valence-corrected chi connectivity index (χ1v) is 7.06. The molecule has 18 heavy (non-hydrogen) atoms. The number of carbonyl (C=O) groups is 1. The van der Waals surface area contributed by atoms with Crippen LogP contribution in [-0.4, -0.2) is 38.4 Å². The first-order chi connectivity index (χ1) is 8.62. The predicted octanol–water partition coefficient (Wildman–Crippen LogP) is 2.12. The first kappa shape index (κ1) is 15.4. The zero-order chi connectivity index (χ0) is 13.4. The van der Waals surface area contributed by atoms with Gasteiger partial charge in [0.05, 0.1) is 6.61 Å². The van der Waals surface area contributed by atoms with E-state index in [-0.39, 0.29) is 5.97 Å². The predicted molar refractivity (Wildman–Crippen MR) is 71.5 cm³/mol. The molecule has 106 valence electrons. The monoisotopic (exact) mass is 257 g/mol. The lowest BCUT2D eigenvalue weighted by Crippen LogP contribution is -2.49. The van der Waals surface area contributed by atoms with Gasteiger partial charge < -0.3 is 14.8 Å². The number of esters is 1. The highest BCUT2D eigenvalue weighted by molar-refractivity contribution is 5.80. The Balaban J connectivity index is 2.14. The number of rotatable bonds is 9. The van der Waals surface area contributed by atoms with Crippen LogP contribution >= 0.6 is 0 Å². The number of likely N-dealkylation sites (N-methyl/N-ethyl adjacent to an activating group) is 1. The third-order valence-corrected chi connectivity index (χ3v) is 3.92. The van der Waals surface area contributed by atoms with Crippen LogP contribution in [-0.2, 0) is 14.3 Å². The van der Waals surface area contributed by atoms with E-state index < -0.39 is 5.54 Å². The molecule has 4 heteroatoms. The molecule has 0 aromatic rings. The van der Waals surface area contributed by atoms with Gasteiger partial charge in [-0.3, -0.25) is 4.79 Å². The third-order valence-electron chi connectivity index (χ3n) is 3.92. The Bertz CT molecular complexity index is 253. The fraction of sp³-hybridized carbons (Fsp3) is 0.929. The highest BCUT2D eigenvalue weighted by Gasteiger charge is 2.32. The zero-order valence-corrected chi connectivity index (χ0v) is 12.0. The van der Waals surface area contributed by atoms with E-state index in [9.17, 15) is 4.79 Å². The lowest BCUT2D eigenvalue weighted by molar-refractivity contribution is -0.151. The average molecular weight is 257 g/mol. The second kappa shape index (κ2) is 7.74. The molecule has 0 aromatic carbocycles. The minimum Gasteiger partial charge on any atom is -0.465 e. The largest absolute Gasteiger partial charge is 0.465 e. The first-order valence-electron chi connectivity index (χ1n) is 7.06. The summed E-state index contributed by atoms with van der Waals surface area (Å²) in [5.41, 5.74) is -0.632. The summed E-state index contributed by atoms with van der Waals surface area (Å²) < 4.78 is 10.7. The second-order valence-electron chi connectivity index (χ2n) is 5.25. The van der Waals surface area contributed by atoms with E-state index in [2.05, 4.69) is 5.32 Å². The second-order valence-corrected chi connectivity index (χ2v) is 5.25. The molecule has 1 unspecified atom stereocenters. The molecule has 0 heterocycles. The van der Waals surface area contributed by atoms with Gasteiger partial charge in [0.15, 0.2) is 0 Å². The Hall–Kier alpha value is -0.610. The number of hydrogen-bond donors (Lipinski definition) is 1. The summed E-state index contributed by atoms with van der Waals surface area (Å²) in [5.74, 6) is 0.681. The van der Waals surface area contributed by atoms with Gasteiger partial charge in [-0.15, -0.1) is 0 Å². The van der Waals surface area contributed by atoms with Crippen LogP contribution in [0.15, 0.2) is 0 Å². The van der Waals surface area contributed by atoms with Gasteiger partial charge in [0.1, 0.15) is 5.54 Å². The maximum atomic E-state index is 11.8. The molecule has 0 aromatic heterocycles. The van der Waals surface area contributed by atoms with Crippen LogP contribution in [0.4, 0.5) is 0 Å². The molecule has 4 nitrogen and oxygen atoms in total. The number of hydrogen-bond acceptors (Lipinski definition) is 4. The van der Waals surface area contributed by atoms with Gasteiger partial charge in [-0.25, -0.2) is 0 Å². The minimum absolute atomic E-state index is 0.199. The topological polar surface area (TPSA) is 47.6 Å². The Kier molecular flexibility index (Phi) is 6.65. The number of carbonyl (C=O) groups excluding carboxylic acids is 1. The van der Waals surface area contributed by atoms with E-state index in [4.69, 9.17) is 9.47 Å². The van der Waals surface area contributed by atoms with Gasteiger partial charge in [0, 0.05) is 13.2 Å². The van der Waals surface area contributed by atoms with Crippen LogP contribution in [0.5, 0.6) is 0 Å². The van der Waals surface area contributed by atoms with E-state index in [0.29, 0.717) is 19.6 Å². The Morgan fingerprint density at radius 1 is 1.39 bits per heavy atom. The van der Waals surface area contributed by atoms with Gasteiger partial charge in [0.2, 0.25) is 0 Å². The molecule has 1 aliphatic rings. The van der Waals surface area contributed by atoms with Gasteiger partial charge in [0.25, 0.3) is 0 Å². The van der Waals surface area contributed by atoms with Crippen molar-refractivity contribution in [2.75, 3.05) is 26.9 Å². The number of ether oxygens (including phenoxy) is 2. The summed E-state index contributed by atoms with van der Waals surface area (Å²) in [6, 6.07) is 0. The van der Waals surface area contributed by atoms with Crippen LogP contribution in [0.2, 0.25) is 0 Å². The molecule has 1 N–H and O–H groups in total. The molecule has 1 fully saturated rings. The van der Waals surface area contributed by atoms with Crippen molar-refractivity contribution < 1.29 is 14.3 Å². The zero-order valence-electron chi connectivity index (χ0n) is 12.0. The van der Waals surface area contributed by atoms with Crippen LogP contribution in [0, 0.1) is 5.92 Å². The minimum atomic E-state index is -0.632. The molecular weight excluding hydrogens is 230 g/mol. The van der Waals surface area contributed by atoms with E-state index in [1.807, 2.05) is 13.8 Å². The molecular formula is C14H27NO3. The van der Waals surface area contributed by atoms with Crippen molar-refractivity contribution in [3.8, 4) is 0 Å². The SMILES string of the molecule is CCOC(=O)C(C)(CCOCCC1CCC1)NC. The van der Waals surface area contributed by atoms with Crippen LogP contribution in [0.3, 0.4) is 0 Å². The van der Waals surface area contributed by atoms with Crippen molar-refractivity contribution >= 4 is 5.97 Å². The summed E-state index contributed by atoms with van der Waals surface area (Å²) in [5, 5.41) is 3.03. The van der Waals surface area contributed by atoms with Crippen molar-refractivity contribution in [3.63, 3.8) is 0 Å². The van der Waals surface area contributed by atoms with Gasteiger partial charge in [-0.05, 0) is 39.7 Å². The molecule has 0 amide bonds. The smallest absolute Gasteiger partial charge is 0.326 e. The van der Waals surface area contributed by atoms with Gasteiger partial charge >= 0.3 is 5.97 Å². The van der Waals surface area contributed by atoms with Crippen molar-refractivity contribution in [2.24, 2.45) is 5.92 Å². The number of nitrogens with one attached hydrogen (secondary N) is 1. The fourth-order valence-electron chi connectivity index (χ4n) is 2.03. The molecule has 0 spiro atoms. The summed E-state index contributed by atoms with van der Waals surface area (Å²) in [6.07, 6.45) is 5.91. The third kappa shape index (κ3) is 4.58. The van der Waals surface area contributed by atoms with E-state index in [0.717, 1.165) is 18.9 Å². The molecule has 0 radical (unpaired) electrons. The Morgan fingerprint density at radius 3 is 2.61 bits per heavy atom. The molecule has 1 atom stereocenters. The van der Waals surface area contributed by atoms with Crippen LogP contribution in [0.1, 0.15) is 46.0 Å². The molecule has 0 aliphatic heterocycles. The molecule has 1 aliphatic carbocycles. The van der Waals surface area contributed by atoms with Crippen LogP contribution < -0.4 is 5.32 Å². The average Bonchev–Trinajstić information content (AvgIpc) is 2.31. The summed E-state index contributed by atoms with van der Waals surface area (Å²) in [6.45, 7) is 5.51. The summed E-state index contributed by atoms with van der Waals surface area (Å²) >= 11 is 0. The lowest BCUT2D eigenvalue weighted by atomic mass is 9.83. The van der Waals surface area contributed by atoms with Crippen molar-refractivity contribution in [2.45, 2.75) is 51.5 Å². The van der Waals surface area contributed by atoms with Gasteiger partial charge in [-0.2, -0.15) is 0 Å². The molecule has 0 saturated heterocycles. The lowest BCUT2D eigenvalue weighted by Gasteiger charge is -2.27. The van der Waals surface area contributed by atoms with Crippen LogP contribution in [0.25, 0.3) is 0 Å². The standard InChI is InChI=1S/C14H27NO3/c1-4-18-13(16)14(2,15-3)9-11-17-10-8-12-6-5-7-12/h12,15H,4-11H2,1-3H3. The summed E-state index contributed by atoms with van der Waals surface area (Å²) in [7, 11) is 1.78. The fourth-order valence-corrected chi connectivity index (χ4v) is 2.03. The Morgan fingerprint density at radius 2 is 2.11 bits per heavy atom. The maximum Gasteiger partial charge on any atom is 0.326 e. The molecule has 1 saturated carbocycles. The highest BCUT2D eigenvalue weighted by atomic mass is 16.5. The van der Waals surface area contributed by atoms with E-state index in [1.165, 1.54) is 19.3 Å².